The summed E-state index contributed by atoms with van der Waals surface area (Å²) in [5.74, 6) is 1.45. The van der Waals surface area contributed by atoms with E-state index in [0.717, 1.165) is 73.5 Å². The van der Waals surface area contributed by atoms with Crippen molar-refractivity contribution >= 4 is 49.7 Å². The Hall–Kier alpha value is -6.32. The third kappa shape index (κ3) is 3.26. The third-order valence-electron chi connectivity index (χ3n) is 19.6. The molecule has 1 unspecified atom stereocenters. The maximum absolute atomic E-state index is 14.8. The molecule has 8 aliphatic rings. The lowest BCUT2D eigenvalue weighted by molar-refractivity contribution is 0.0766. The maximum Gasteiger partial charge on any atom is 0.170 e. The Bertz CT molecular complexity index is 3660. The van der Waals surface area contributed by atoms with Crippen LogP contribution in [0.2, 0.25) is 0 Å². The number of ketones is 2. The summed E-state index contributed by atoms with van der Waals surface area (Å²) < 4.78 is 2.47. The lowest BCUT2D eigenvalue weighted by atomic mass is 9.68. The fraction of sp³-hybridized carbons (Fsp3) is 0.267. The minimum absolute atomic E-state index is 0.00423. The average molecular weight is 810 g/mol. The molecule has 0 N–H and O–H groups in total. The Balaban J connectivity index is 0.998. The predicted molar refractivity (Wildman–Crippen MR) is 250 cm³/mol. The van der Waals surface area contributed by atoms with Crippen molar-refractivity contribution in [2.24, 2.45) is 17.3 Å². The van der Waals surface area contributed by atoms with Crippen molar-refractivity contribution in [3.05, 3.63) is 172 Å². The number of carbonyl (C=O) groups excluding carboxylic acids is 2. The van der Waals surface area contributed by atoms with E-state index < -0.39 is 5.41 Å². The normalized spacial score (nSPS) is 28.1. The van der Waals surface area contributed by atoms with Gasteiger partial charge in [-0.05, 0) is 160 Å². The highest BCUT2D eigenvalue weighted by Crippen LogP contribution is 2.70. The van der Waals surface area contributed by atoms with Crippen molar-refractivity contribution < 1.29 is 9.59 Å². The van der Waals surface area contributed by atoms with Crippen molar-refractivity contribution in [2.75, 3.05) is 0 Å². The number of hydrogen-bond donors (Lipinski definition) is 0. The number of benzene rings is 7. The van der Waals surface area contributed by atoms with Crippen LogP contribution in [-0.4, -0.2) is 16.0 Å². The number of hydrogen-bond acceptors (Lipinski definition) is 2. The summed E-state index contributed by atoms with van der Waals surface area (Å²) in [7, 11) is 0. The quantitative estimate of drug-likeness (QED) is 0.166. The molecule has 0 radical (unpaired) electrons. The van der Waals surface area contributed by atoms with Crippen molar-refractivity contribution in [1.82, 2.24) is 4.40 Å². The summed E-state index contributed by atoms with van der Waals surface area (Å²) >= 11 is 0. The summed E-state index contributed by atoms with van der Waals surface area (Å²) in [6, 6.07) is 49.0. The van der Waals surface area contributed by atoms with Crippen LogP contribution in [0, 0.1) is 17.3 Å². The third-order valence-corrected chi connectivity index (χ3v) is 19.6. The second-order valence-corrected chi connectivity index (χ2v) is 21.2. The molecule has 1 spiro atoms. The standard InChI is InChI=1S/C60H43NO2/c62-55-42-30-50-38(28-48(42)57-24-18-32(19-25-57)53(55)57)40-26-33(27-41-39-29-49-43(31-51(39)61(50)54(40)41)56(63)59-22-8-20-58(49,59)21-9-23-59)34-13-7-17-47-52(34)37-12-3-6-16-46(37)60(47)44-14-4-1-10-35(44)36-11-2-5-15-45(36)60/h1-7,10-17,26-32,53H,8-9,18-25H2. The minimum Gasteiger partial charge on any atom is -0.308 e. The molecule has 2 bridgehead atoms. The Morgan fingerprint density at radius 3 is 1.70 bits per heavy atom. The van der Waals surface area contributed by atoms with Crippen LogP contribution >= 0.6 is 0 Å². The van der Waals surface area contributed by atoms with Gasteiger partial charge in [-0.2, -0.15) is 0 Å². The van der Waals surface area contributed by atoms with Crippen LogP contribution in [0.4, 0.5) is 0 Å². The molecule has 2 heterocycles. The summed E-state index contributed by atoms with van der Waals surface area (Å²) in [6.07, 6.45) is 11.2. The van der Waals surface area contributed by atoms with E-state index in [0.29, 0.717) is 17.5 Å². The fourth-order valence-electron chi connectivity index (χ4n) is 17.5. The van der Waals surface area contributed by atoms with Gasteiger partial charge in [0.15, 0.2) is 11.6 Å². The molecule has 300 valence electrons. The number of Topliss-reactive ketones (excluding diaryl/α,β-unsaturated/α-hetero) is 2. The maximum atomic E-state index is 14.8. The number of nitrogens with zero attached hydrogens (tertiary/aromatic N) is 1. The first kappa shape index (κ1) is 33.3. The van der Waals surface area contributed by atoms with Crippen LogP contribution in [0.15, 0.2) is 127 Å². The van der Waals surface area contributed by atoms with E-state index in [4.69, 9.17) is 0 Å². The Labute approximate surface area is 365 Å². The lowest BCUT2D eigenvalue weighted by Crippen LogP contribution is -2.35. The van der Waals surface area contributed by atoms with Crippen molar-refractivity contribution in [3.8, 4) is 33.4 Å². The molecule has 7 aromatic carbocycles. The Morgan fingerprint density at radius 2 is 1.02 bits per heavy atom. The van der Waals surface area contributed by atoms with Crippen LogP contribution in [-0.2, 0) is 16.2 Å². The van der Waals surface area contributed by atoms with Crippen LogP contribution in [0.5, 0.6) is 0 Å². The van der Waals surface area contributed by atoms with Gasteiger partial charge in [0.2, 0.25) is 0 Å². The second kappa shape index (κ2) is 10.4. The zero-order valence-electron chi connectivity index (χ0n) is 35.1. The number of aromatic nitrogens is 1. The molecular weight excluding hydrogens is 767 g/mol. The van der Waals surface area contributed by atoms with Gasteiger partial charge in [-0.25, -0.2) is 0 Å². The molecule has 4 saturated carbocycles. The van der Waals surface area contributed by atoms with Gasteiger partial charge in [-0.15, -0.1) is 0 Å². The van der Waals surface area contributed by atoms with E-state index in [1.165, 1.54) is 107 Å². The van der Waals surface area contributed by atoms with Gasteiger partial charge in [-0.3, -0.25) is 9.59 Å². The van der Waals surface area contributed by atoms with Crippen LogP contribution in [0.1, 0.15) is 118 Å². The fourth-order valence-corrected chi connectivity index (χ4v) is 17.5. The van der Waals surface area contributed by atoms with Crippen LogP contribution < -0.4 is 0 Å². The molecule has 0 aliphatic heterocycles. The molecule has 0 saturated heterocycles. The average Bonchev–Trinajstić information content (AvgIpc) is 4.22. The first-order chi connectivity index (χ1) is 31.0. The van der Waals surface area contributed by atoms with Crippen molar-refractivity contribution in [3.63, 3.8) is 0 Å². The molecule has 8 aliphatic carbocycles. The molecule has 3 heteroatoms. The summed E-state index contributed by atoms with van der Waals surface area (Å²) in [6.45, 7) is 0. The monoisotopic (exact) mass is 809 g/mol. The highest BCUT2D eigenvalue weighted by atomic mass is 16.1. The van der Waals surface area contributed by atoms with Gasteiger partial charge in [0, 0.05) is 54.8 Å². The first-order valence-corrected chi connectivity index (χ1v) is 23.9. The molecule has 1 atom stereocenters. The van der Waals surface area contributed by atoms with Crippen molar-refractivity contribution in [2.45, 2.75) is 80.5 Å². The highest BCUT2D eigenvalue weighted by molar-refractivity contribution is 6.27. The van der Waals surface area contributed by atoms with E-state index in [9.17, 15) is 9.59 Å². The molecule has 2 aromatic heterocycles. The van der Waals surface area contributed by atoms with E-state index >= 15 is 0 Å². The second-order valence-electron chi connectivity index (χ2n) is 21.2. The largest absolute Gasteiger partial charge is 0.308 e. The molecule has 9 aromatic rings. The molecule has 4 fully saturated rings. The summed E-state index contributed by atoms with van der Waals surface area (Å²) in [5, 5.41) is 5.01. The van der Waals surface area contributed by atoms with Crippen molar-refractivity contribution in [1.29, 1.82) is 0 Å². The van der Waals surface area contributed by atoms with Gasteiger partial charge in [0.25, 0.3) is 0 Å². The topological polar surface area (TPSA) is 38.5 Å². The SMILES string of the molecule is O=C1c2cc3c(cc2C24CCC(CC2)C14)c1cc(-c2cccc4c2-c2ccccc2C42c4ccccc4-c4ccccc42)cc2c4cc5c(cc4n3c12)C(=O)C12CCCC51CCC2. The zero-order valence-corrected chi connectivity index (χ0v) is 35.1. The Kier molecular flexibility index (Phi) is 5.48. The van der Waals surface area contributed by atoms with E-state index in [2.05, 4.69) is 132 Å². The predicted octanol–water partition coefficient (Wildman–Crippen LogP) is 13.9. The van der Waals surface area contributed by atoms with E-state index in [1.807, 2.05) is 0 Å². The van der Waals surface area contributed by atoms with Gasteiger partial charge in [0.05, 0.1) is 22.0 Å². The molecular formula is C60H43NO2. The highest BCUT2D eigenvalue weighted by Gasteiger charge is 2.67. The zero-order chi connectivity index (χ0) is 40.9. The van der Waals surface area contributed by atoms with E-state index in [1.54, 1.807) is 0 Å². The smallest absolute Gasteiger partial charge is 0.170 e. The van der Waals surface area contributed by atoms with Gasteiger partial charge in [-0.1, -0.05) is 104 Å². The van der Waals surface area contributed by atoms with Crippen LogP contribution in [0.25, 0.3) is 71.5 Å². The number of carbonyl (C=O) groups is 2. The number of fused-ring (bicyclic) bond motifs is 18. The summed E-state index contributed by atoms with van der Waals surface area (Å²) in [4.78, 5) is 29.4. The van der Waals surface area contributed by atoms with E-state index in [-0.39, 0.29) is 22.2 Å². The van der Waals surface area contributed by atoms with Gasteiger partial charge in [0.1, 0.15) is 0 Å². The van der Waals surface area contributed by atoms with Crippen LogP contribution in [0.3, 0.4) is 0 Å². The Morgan fingerprint density at radius 1 is 0.460 bits per heavy atom. The molecule has 0 amide bonds. The molecule has 3 nitrogen and oxygen atoms in total. The minimum atomic E-state index is -0.413. The number of rotatable bonds is 1. The molecule has 63 heavy (non-hydrogen) atoms. The molecule has 17 rings (SSSR count). The lowest BCUT2D eigenvalue weighted by Gasteiger charge is -2.33. The summed E-state index contributed by atoms with van der Waals surface area (Å²) in [5.41, 5.74) is 20.6. The van der Waals surface area contributed by atoms with Gasteiger partial charge < -0.3 is 4.40 Å². The first-order valence-electron chi connectivity index (χ1n) is 23.9. The van der Waals surface area contributed by atoms with Gasteiger partial charge >= 0.3 is 0 Å².